The summed E-state index contributed by atoms with van der Waals surface area (Å²) in [6, 6.07) is 7.91. The van der Waals surface area contributed by atoms with Crippen LogP contribution in [0.2, 0.25) is 0 Å². The van der Waals surface area contributed by atoms with Gasteiger partial charge >= 0.3 is 0 Å². The lowest BCUT2D eigenvalue weighted by molar-refractivity contribution is -0.118. The van der Waals surface area contributed by atoms with E-state index in [4.69, 9.17) is 5.26 Å². The maximum Gasteiger partial charge on any atom is 0.227 e. The van der Waals surface area contributed by atoms with E-state index in [9.17, 15) is 15.0 Å². The molecule has 0 radical (unpaired) electrons. The van der Waals surface area contributed by atoms with Crippen LogP contribution in [0, 0.1) is 11.3 Å². The average molecular weight is 232 g/mol. The van der Waals surface area contributed by atoms with Crippen molar-refractivity contribution in [3.63, 3.8) is 0 Å². The Morgan fingerprint density at radius 2 is 2.24 bits per heavy atom. The van der Waals surface area contributed by atoms with Crippen LogP contribution in [0.5, 0.6) is 0 Å². The summed E-state index contributed by atoms with van der Waals surface area (Å²) in [6.07, 6.45) is -0.862. The van der Waals surface area contributed by atoms with Crippen molar-refractivity contribution in [2.45, 2.75) is 25.2 Å². The molecule has 5 heteroatoms. The number of amides is 1. The first-order valence-corrected chi connectivity index (χ1v) is 5.32. The molecule has 0 spiro atoms. The molecule has 2 N–H and O–H groups in total. The van der Waals surface area contributed by atoms with Gasteiger partial charge in [0.15, 0.2) is 6.29 Å². The first-order chi connectivity index (χ1) is 8.13. The van der Waals surface area contributed by atoms with E-state index in [0.717, 1.165) is 0 Å². The molecule has 1 fully saturated rings. The highest BCUT2D eigenvalue weighted by Crippen LogP contribution is 2.28. The van der Waals surface area contributed by atoms with E-state index in [2.05, 4.69) is 0 Å². The number of aliphatic hydroxyl groups is 2. The molecule has 0 aliphatic carbocycles. The zero-order valence-corrected chi connectivity index (χ0v) is 9.08. The Bertz CT molecular complexity index is 479. The maximum absolute atomic E-state index is 11.7. The first kappa shape index (κ1) is 11.6. The molecule has 0 aromatic heterocycles. The number of carbonyl (C=O) groups excluding carboxylic acids is 1. The van der Waals surface area contributed by atoms with Crippen molar-refractivity contribution in [2.24, 2.45) is 0 Å². The predicted octanol–water partition coefficient (Wildman–Crippen LogP) is 0.364. The largest absolute Gasteiger partial charge is 0.366 e. The maximum atomic E-state index is 11.7. The van der Waals surface area contributed by atoms with Gasteiger partial charge < -0.3 is 15.1 Å². The van der Waals surface area contributed by atoms with Crippen molar-refractivity contribution in [3.8, 4) is 6.07 Å². The number of hydrogen-bond acceptors (Lipinski definition) is 4. The number of rotatable bonds is 2. The molecule has 0 saturated carbocycles. The molecule has 1 saturated heterocycles. The van der Waals surface area contributed by atoms with Crippen molar-refractivity contribution >= 4 is 11.6 Å². The number of aliphatic hydroxyl groups excluding tert-OH is 1. The van der Waals surface area contributed by atoms with Gasteiger partial charge in [-0.25, -0.2) is 0 Å². The van der Waals surface area contributed by atoms with Crippen molar-refractivity contribution in [1.29, 1.82) is 5.26 Å². The van der Waals surface area contributed by atoms with Crippen molar-refractivity contribution in [3.05, 3.63) is 29.8 Å². The lowest BCUT2D eigenvalue weighted by Gasteiger charge is -2.26. The summed E-state index contributed by atoms with van der Waals surface area (Å²) in [5, 5.41) is 27.2. The van der Waals surface area contributed by atoms with Crippen molar-refractivity contribution in [2.75, 3.05) is 4.90 Å². The Morgan fingerprint density at radius 1 is 1.47 bits per heavy atom. The van der Waals surface area contributed by atoms with Crippen LogP contribution in [0.25, 0.3) is 0 Å². The fourth-order valence-corrected chi connectivity index (χ4v) is 2.05. The second kappa shape index (κ2) is 4.53. The fourth-order valence-electron chi connectivity index (χ4n) is 2.05. The summed E-state index contributed by atoms with van der Waals surface area (Å²) in [6.45, 7) is 0. The van der Waals surface area contributed by atoms with Crippen molar-refractivity contribution < 1.29 is 15.0 Å². The molecule has 1 heterocycles. The normalized spacial score (nSPS) is 19.8. The predicted molar refractivity (Wildman–Crippen MR) is 59.9 cm³/mol. The number of nitriles is 1. The van der Waals surface area contributed by atoms with Gasteiger partial charge in [-0.05, 0) is 24.6 Å². The van der Waals surface area contributed by atoms with Crippen LogP contribution in [-0.2, 0) is 4.79 Å². The number of hydrogen-bond donors (Lipinski definition) is 2. The van der Waals surface area contributed by atoms with Crippen molar-refractivity contribution in [1.82, 2.24) is 0 Å². The molecule has 1 atom stereocenters. The highest BCUT2D eigenvalue weighted by atomic mass is 16.5. The van der Waals surface area contributed by atoms with Crippen LogP contribution < -0.4 is 4.90 Å². The van der Waals surface area contributed by atoms with Crippen LogP contribution in [-0.4, -0.2) is 28.5 Å². The van der Waals surface area contributed by atoms with Crippen LogP contribution in [0.3, 0.4) is 0 Å². The van der Waals surface area contributed by atoms with Gasteiger partial charge in [-0.3, -0.25) is 4.79 Å². The van der Waals surface area contributed by atoms with E-state index in [1.807, 2.05) is 6.07 Å². The summed E-state index contributed by atoms with van der Waals surface area (Å²) in [5.41, 5.74) is 0.970. The Kier molecular flexibility index (Phi) is 3.09. The molecule has 0 bridgehead atoms. The second-order valence-corrected chi connectivity index (χ2v) is 3.95. The molecular formula is C12H12N2O3. The summed E-state index contributed by atoms with van der Waals surface area (Å²) >= 11 is 0. The number of carbonyl (C=O) groups is 1. The molecule has 1 aromatic carbocycles. The molecule has 17 heavy (non-hydrogen) atoms. The van der Waals surface area contributed by atoms with Crippen LogP contribution in [0.1, 0.15) is 18.4 Å². The van der Waals surface area contributed by atoms with Gasteiger partial charge in [-0.1, -0.05) is 6.07 Å². The third kappa shape index (κ3) is 2.13. The standard InChI is InChI=1S/C12H12N2O3/c13-7-8-2-1-3-9(6-8)14-10(12(16)17)4-5-11(14)15/h1-3,6,10,12,16-17H,4-5H2. The smallest absolute Gasteiger partial charge is 0.227 e. The molecule has 1 aliphatic rings. The van der Waals surface area contributed by atoms with Gasteiger partial charge in [0, 0.05) is 12.1 Å². The summed E-state index contributed by atoms with van der Waals surface area (Å²) in [4.78, 5) is 13.1. The molecule has 1 aliphatic heterocycles. The third-order valence-corrected chi connectivity index (χ3v) is 2.85. The lowest BCUT2D eigenvalue weighted by Crippen LogP contribution is -2.41. The van der Waals surface area contributed by atoms with Gasteiger partial charge in [-0.15, -0.1) is 0 Å². The highest BCUT2D eigenvalue weighted by Gasteiger charge is 2.36. The van der Waals surface area contributed by atoms with E-state index >= 15 is 0 Å². The van der Waals surface area contributed by atoms with Crippen LogP contribution >= 0.6 is 0 Å². The quantitative estimate of drug-likeness (QED) is 0.721. The lowest BCUT2D eigenvalue weighted by atomic mass is 10.1. The Morgan fingerprint density at radius 3 is 2.88 bits per heavy atom. The average Bonchev–Trinajstić information content (AvgIpc) is 2.71. The molecule has 5 nitrogen and oxygen atoms in total. The Labute approximate surface area is 98.5 Å². The second-order valence-electron chi connectivity index (χ2n) is 3.95. The van der Waals surface area contributed by atoms with Crippen LogP contribution in [0.4, 0.5) is 5.69 Å². The van der Waals surface area contributed by atoms with Gasteiger partial charge in [0.25, 0.3) is 0 Å². The number of anilines is 1. The SMILES string of the molecule is N#Cc1cccc(N2C(=O)CCC2C(O)O)c1. The molecule has 1 aromatic rings. The number of nitrogens with zero attached hydrogens (tertiary/aromatic N) is 2. The minimum atomic E-state index is -1.56. The fraction of sp³-hybridized carbons (Fsp3) is 0.333. The minimum absolute atomic E-state index is 0.154. The van der Waals surface area contributed by atoms with E-state index in [1.165, 1.54) is 4.90 Å². The number of benzene rings is 1. The molecule has 1 amide bonds. The summed E-state index contributed by atoms with van der Waals surface area (Å²) in [5.74, 6) is -0.154. The van der Waals surface area contributed by atoms with Gasteiger partial charge in [-0.2, -0.15) is 5.26 Å². The first-order valence-electron chi connectivity index (χ1n) is 5.32. The van der Waals surface area contributed by atoms with Gasteiger partial charge in [0.05, 0.1) is 17.7 Å². The summed E-state index contributed by atoms with van der Waals surface area (Å²) < 4.78 is 0. The summed E-state index contributed by atoms with van der Waals surface area (Å²) in [7, 11) is 0. The van der Waals surface area contributed by atoms with E-state index in [0.29, 0.717) is 24.1 Å². The van der Waals surface area contributed by atoms with Gasteiger partial charge in [0.2, 0.25) is 5.91 Å². The third-order valence-electron chi connectivity index (χ3n) is 2.85. The van der Waals surface area contributed by atoms with E-state index < -0.39 is 12.3 Å². The zero-order valence-electron chi connectivity index (χ0n) is 9.08. The van der Waals surface area contributed by atoms with Gasteiger partial charge in [0.1, 0.15) is 0 Å². The molecule has 88 valence electrons. The highest BCUT2D eigenvalue weighted by molar-refractivity contribution is 5.96. The molecule has 1 unspecified atom stereocenters. The Balaban J connectivity index is 2.36. The van der Waals surface area contributed by atoms with Crippen LogP contribution in [0.15, 0.2) is 24.3 Å². The Hall–Kier alpha value is -1.90. The molecular weight excluding hydrogens is 220 g/mol. The van der Waals surface area contributed by atoms with E-state index in [-0.39, 0.29) is 5.91 Å². The monoisotopic (exact) mass is 232 g/mol. The van der Waals surface area contributed by atoms with E-state index in [1.54, 1.807) is 24.3 Å². The molecule has 2 rings (SSSR count). The topological polar surface area (TPSA) is 84.6 Å². The minimum Gasteiger partial charge on any atom is -0.366 e. The zero-order chi connectivity index (χ0) is 12.4.